The van der Waals surface area contributed by atoms with E-state index < -0.39 is 0 Å². The van der Waals surface area contributed by atoms with Crippen LogP contribution in [0.4, 0.5) is 10.3 Å². The van der Waals surface area contributed by atoms with E-state index in [1.165, 1.54) is 12.1 Å². The standard InChI is InChI=1S/C14H11ClFN3/c1-8-5-6-9(16)7-12(8)19-13-10(15)3-2-4-11(13)18-14(19)17/h2-7H,1H3,(H2,17,18). The number of aryl methyl sites for hydroxylation is 1. The summed E-state index contributed by atoms with van der Waals surface area (Å²) in [4.78, 5) is 4.25. The van der Waals surface area contributed by atoms with Crippen LogP contribution in [0.2, 0.25) is 5.02 Å². The molecule has 0 aliphatic rings. The molecule has 0 atom stereocenters. The van der Waals surface area contributed by atoms with Gasteiger partial charge >= 0.3 is 0 Å². The first kappa shape index (κ1) is 12.0. The number of hydrogen-bond donors (Lipinski definition) is 1. The summed E-state index contributed by atoms with van der Waals surface area (Å²) >= 11 is 6.21. The molecule has 19 heavy (non-hydrogen) atoms. The van der Waals surface area contributed by atoms with Gasteiger partial charge < -0.3 is 5.73 Å². The van der Waals surface area contributed by atoms with Gasteiger partial charge in [0.2, 0.25) is 5.95 Å². The van der Waals surface area contributed by atoms with Gasteiger partial charge in [-0.3, -0.25) is 4.57 Å². The van der Waals surface area contributed by atoms with Crippen LogP contribution >= 0.6 is 11.6 Å². The Hall–Kier alpha value is -2.07. The molecule has 0 saturated carbocycles. The predicted octanol–water partition coefficient (Wildman–Crippen LogP) is 3.71. The van der Waals surface area contributed by atoms with Gasteiger partial charge in [0.15, 0.2) is 0 Å². The van der Waals surface area contributed by atoms with E-state index in [4.69, 9.17) is 17.3 Å². The number of aromatic nitrogens is 2. The number of rotatable bonds is 1. The molecule has 1 heterocycles. The lowest BCUT2D eigenvalue weighted by atomic mass is 10.2. The summed E-state index contributed by atoms with van der Waals surface area (Å²) < 4.78 is 15.1. The third-order valence-corrected chi connectivity index (χ3v) is 3.37. The second-order valence-electron chi connectivity index (χ2n) is 4.34. The highest BCUT2D eigenvalue weighted by atomic mass is 35.5. The molecule has 5 heteroatoms. The van der Waals surface area contributed by atoms with Gasteiger partial charge in [0.25, 0.3) is 0 Å². The van der Waals surface area contributed by atoms with Crippen LogP contribution in [0.15, 0.2) is 36.4 Å². The van der Waals surface area contributed by atoms with Crippen molar-refractivity contribution in [1.29, 1.82) is 0 Å². The lowest BCUT2D eigenvalue weighted by molar-refractivity contribution is 0.626. The number of hydrogen-bond acceptors (Lipinski definition) is 2. The maximum atomic E-state index is 13.5. The molecule has 2 N–H and O–H groups in total. The van der Waals surface area contributed by atoms with Crippen LogP contribution in [0, 0.1) is 12.7 Å². The summed E-state index contributed by atoms with van der Waals surface area (Å²) in [6, 6.07) is 9.93. The zero-order chi connectivity index (χ0) is 13.6. The number of nitrogens with two attached hydrogens (primary N) is 1. The Balaban J connectivity index is 2.42. The van der Waals surface area contributed by atoms with Crippen LogP contribution in [-0.2, 0) is 0 Å². The molecule has 0 spiro atoms. The summed E-state index contributed by atoms with van der Waals surface area (Å²) in [7, 11) is 0. The highest BCUT2D eigenvalue weighted by Gasteiger charge is 2.14. The highest BCUT2D eigenvalue weighted by Crippen LogP contribution is 2.30. The Morgan fingerprint density at radius 1 is 1.26 bits per heavy atom. The fourth-order valence-corrected chi connectivity index (χ4v) is 2.42. The lowest BCUT2D eigenvalue weighted by Crippen LogP contribution is -2.03. The Bertz CT molecular complexity index is 780. The minimum atomic E-state index is -0.325. The number of imidazole rings is 1. The summed E-state index contributed by atoms with van der Waals surface area (Å²) in [5, 5.41) is 0.533. The number of nitrogen functional groups attached to an aromatic ring is 1. The summed E-state index contributed by atoms with van der Waals surface area (Å²) in [6.07, 6.45) is 0. The monoisotopic (exact) mass is 275 g/mol. The van der Waals surface area contributed by atoms with E-state index in [0.29, 0.717) is 21.7 Å². The maximum Gasteiger partial charge on any atom is 0.205 e. The molecule has 0 radical (unpaired) electrons. The van der Waals surface area contributed by atoms with E-state index in [0.717, 1.165) is 5.56 Å². The molecule has 3 rings (SSSR count). The molecule has 0 fully saturated rings. The van der Waals surface area contributed by atoms with E-state index in [2.05, 4.69) is 4.98 Å². The Kier molecular flexibility index (Phi) is 2.68. The van der Waals surface area contributed by atoms with Gasteiger partial charge in [-0.25, -0.2) is 9.37 Å². The molecular formula is C14H11ClFN3. The van der Waals surface area contributed by atoms with Crippen molar-refractivity contribution in [2.45, 2.75) is 6.92 Å². The number of benzene rings is 2. The van der Waals surface area contributed by atoms with Crippen LogP contribution in [-0.4, -0.2) is 9.55 Å². The van der Waals surface area contributed by atoms with E-state index in [1.54, 1.807) is 22.8 Å². The highest BCUT2D eigenvalue weighted by molar-refractivity contribution is 6.35. The topological polar surface area (TPSA) is 43.8 Å². The van der Waals surface area contributed by atoms with E-state index >= 15 is 0 Å². The third kappa shape index (κ3) is 1.85. The first-order chi connectivity index (χ1) is 9.08. The second kappa shape index (κ2) is 4.24. The average molecular weight is 276 g/mol. The van der Waals surface area contributed by atoms with Crippen molar-refractivity contribution in [3.05, 3.63) is 52.8 Å². The largest absolute Gasteiger partial charge is 0.369 e. The van der Waals surface area contributed by atoms with Crippen molar-refractivity contribution in [3.63, 3.8) is 0 Å². The van der Waals surface area contributed by atoms with Crippen molar-refractivity contribution < 1.29 is 4.39 Å². The number of halogens is 2. The number of para-hydroxylation sites is 1. The fraction of sp³-hybridized carbons (Fsp3) is 0.0714. The predicted molar refractivity (Wildman–Crippen MR) is 75.2 cm³/mol. The first-order valence-electron chi connectivity index (χ1n) is 5.77. The average Bonchev–Trinajstić information content (AvgIpc) is 2.70. The minimum Gasteiger partial charge on any atom is -0.369 e. The van der Waals surface area contributed by atoms with Crippen LogP contribution in [0.3, 0.4) is 0 Å². The van der Waals surface area contributed by atoms with Gasteiger partial charge in [0, 0.05) is 0 Å². The maximum absolute atomic E-state index is 13.5. The molecule has 0 aliphatic heterocycles. The second-order valence-corrected chi connectivity index (χ2v) is 4.75. The van der Waals surface area contributed by atoms with Gasteiger partial charge in [-0.1, -0.05) is 23.7 Å². The summed E-state index contributed by atoms with van der Waals surface area (Å²) in [6.45, 7) is 1.89. The zero-order valence-corrected chi connectivity index (χ0v) is 10.9. The van der Waals surface area contributed by atoms with Gasteiger partial charge in [-0.15, -0.1) is 0 Å². The lowest BCUT2D eigenvalue weighted by Gasteiger charge is -2.10. The number of fused-ring (bicyclic) bond motifs is 1. The van der Waals surface area contributed by atoms with Crippen LogP contribution in [0.1, 0.15) is 5.56 Å². The minimum absolute atomic E-state index is 0.289. The van der Waals surface area contributed by atoms with Crippen LogP contribution in [0.5, 0.6) is 0 Å². The van der Waals surface area contributed by atoms with Crippen LogP contribution in [0.25, 0.3) is 16.7 Å². The molecule has 1 aromatic heterocycles. The quantitative estimate of drug-likeness (QED) is 0.736. The first-order valence-corrected chi connectivity index (χ1v) is 6.14. The van der Waals surface area contributed by atoms with E-state index in [1.807, 2.05) is 13.0 Å². The Labute approximate surface area is 114 Å². The molecule has 96 valence electrons. The molecule has 0 bridgehead atoms. The summed E-state index contributed by atoms with van der Waals surface area (Å²) in [5.41, 5.74) is 8.86. The van der Waals surface area contributed by atoms with Gasteiger partial charge in [0.05, 0.1) is 21.7 Å². The SMILES string of the molecule is Cc1ccc(F)cc1-n1c(N)nc2cccc(Cl)c21. The molecule has 3 nitrogen and oxygen atoms in total. The van der Waals surface area contributed by atoms with Crippen molar-refractivity contribution in [2.24, 2.45) is 0 Å². The van der Waals surface area contributed by atoms with Gasteiger partial charge in [-0.2, -0.15) is 0 Å². The molecule has 3 aromatic rings. The molecular weight excluding hydrogens is 265 g/mol. The van der Waals surface area contributed by atoms with Crippen molar-refractivity contribution in [3.8, 4) is 5.69 Å². The molecule has 2 aromatic carbocycles. The molecule has 0 saturated heterocycles. The Morgan fingerprint density at radius 2 is 2.05 bits per heavy atom. The summed E-state index contributed by atoms with van der Waals surface area (Å²) in [5.74, 6) is -0.0364. The van der Waals surface area contributed by atoms with Crippen LogP contribution < -0.4 is 5.73 Å². The molecule has 0 amide bonds. The number of anilines is 1. The van der Waals surface area contributed by atoms with E-state index in [9.17, 15) is 4.39 Å². The Morgan fingerprint density at radius 3 is 2.84 bits per heavy atom. The molecule has 0 aliphatic carbocycles. The fourth-order valence-electron chi connectivity index (χ4n) is 2.17. The van der Waals surface area contributed by atoms with Gasteiger partial charge in [0.1, 0.15) is 5.82 Å². The number of nitrogens with zero attached hydrogens (tertiary/aromatic N) is 2. The third-order valence-electron chi connectivity index (χ3n) is 3.07. The normalized spacial score (nSPS) is 11.1. The van der Waals surface area contributed by atoms with Crippen molar-refractivity contribution in [2.75, 3.05) is 5.73 Å². The molecule has 0 unspecified atom stereocenters. The smallest absolute Gasteiger partial charge is 0.205 e. The van der Waals surface area contributed by atoms with Gasteiger partial charge in [-0.05, 0) is 36.8 Å². The van der Waals surface area contributed by atoms with Crippen molar-refractivity contribution in [1.82, 2.24) is 9.55 Å². The van der Waals surface area contributed by atoms with Crippen molar-refractivity contribution >= 4 is 28.6 Å². The zero-order valence-electron chi connectivity index (χ0n) is 10.2. The van der Waals surface area contributed by atoms with E-state index in [-0.39, 0.29) is 11.8 Å².